The van der Waals surface area contributed by atoms with Gasteiger partial charge in [-0.05, 0) is 53.4 Å². The van der Waals surface area contributed by atoms with E-state index in [9.17, 15) is 14.7 Å². The van der Waals surface area contributed by atoms with Crippen LogP contribution in [0.4, 0.5) is 0 Å². The van der Waals surface area contributed by atoms with Crippen LogP contribution in [0.1, 0.15) is 36.5 Å². The highest BCUT2D eigenvalue weighted by atomic mass is 79.9. The van der Waals surface area contributed by atoms with Gasteiger partial charge in [-0.2, -0.15) is 0 Å². The summed E-state index contributed by atoms with van der Waals surface area (Å²) in [4.78, 5) is 25.8. The third-order valence-corrected chi connectivity index (χ3v) is 5.03. The molecule has 1 aromatic carbocycles. The van der Waals surface area contributed by atoms with Crippen molar-refractivity contribution in [1.82, 2.24) is 4.90 Å². The van der Waals surface area contributed by atoms with Crippen molar-refractivity contribution >= 4 is 43.7 Å². The first-order chi connectivity index (χ1) is 9.42. The van der Waals surface area contributed by atoms with Gasteiger partial charge in [-0.3, -0.25) is 4.79 Å². The summed E-state index contributed by atoms with van der Waals surface area (Å²) in [6.45, 7) is 2.30. The zero-order valence-electron chi connectivity index (χ0n) is 11.0. The number of amides is 1. The molecule has 0 spiro atoms. The van der Waals surface area contributed by atoms with Crippen molar-refractivity contribution in [2.75, 3.05) is 6.54 Å². The van der Waals surface area contributed by atoms with E-state index in [1.807, 2.05) is 6.92 Å². The summed E-state index contributed by atoms with van der Waals surface area (Å²) in [7, 11) is 0. The number of hydrogen-bond donors (Lipinski definition) is 1. The summed E-state index contributed by atoms with van der Waals surface area (Å²) < 4.78 is 1.53. The highest BCUT2D eigenvalue weighted by Crippen LogP contribution is 2.35. The van der Waals surface area contributed by atoms with Crippen molar-refractivity contribution in [3.05, 3.63) is 32.7 Å². The van der Waals surface area contributed by atoms with Gasteiger partial charge in [-0.15, -0.1) is 0 Å². The van der Waals surface area contributed by atoms with E-state index < -0.39 is 11.5 Å². The van der Waals surface area contributed by atoms with E-state index in [2.05, 4.69) is 31.9 Å². The minimum atomic E-state index is -1.07. The molecule has 0 aliphatic carbocycles. The fraction of sp³-hybridized carbons (Fsp3) is 0.429. The third-order valence-electron chi connectivity index (χ3n) is 3.88. The SMILES string of the molecule is CCC1(C(=O)O)CCCN1C(=O)c1ccc(Br)cc1Br. The summed E-state index contributed by atoms with van der Waals surface area (Å²) in [6, 6.07) is 5.28. The zero-order chi connectivity index (χ0) is 14.9. The highest BCUT2D eigenvalue weighted by Gasteiger charge is 2.48. The molecule has 1 aliphatic rings. The van der Waals surface area contributed by atoms with Gasteiger partial charge in [0.15, 0.2) is 0 Å². The molecule has 1 aromatic rings. The van der Waals surface area contributed by atoms with Crippen molar-refractivity contribution in [2.45, 2.75) is 31.7 Å². The Balaban J connectivity index is 2.39. The first kappa shape index (κ1) is 15.5. The lowest BCUT2D eigenvalue weighted by Crippen LogP contribution is -2.52. The number of benzene rings is 1. The molecule has 4 nitrogen and oxygen atoms in total. The molecule has 1 amide bonds. The van der Waals surface area contributed by atoms with Crippen molar-refractivity contribution in [1.29, 1.82) is 0 Å². The average Bonchev–Trinajstić information content (AvgIpc) is 2.83. The molecule has 0 saturated carbocycles. The molecule has 20 heavy (non-hydrogen) atoms. The minimum absolute atomic E-state index is 0.230. The number of likely N-dealkylation sites (tertiary alicyclic amines) is 1. The van der Waals surface area contributed by atoms with Crippen LogP contribution in [0.5, 0.6) is 0 Å². The Bertz CT molecular complexity index is 561. The van der Waals surface area contributed by atoms with Gasteiger partial charge in [0.05, 0.1) is 5.56 Å². The second-order valence-electron chi connectivity index (χ2n) is 4.87. The number of carbonyl (C=O) groups excluding carboxylic acids is 1. The third kappa shape index (κ3) is 2.51. The van der Waals surface area contributed by atoms with Crippen LogP contribution in [0.2, 0.25) is 0 Å². The number of carboxylic acids is 1. The van der Waals surface area contributed by atoms with Crippen LogP contribution >= 0.6 is 31.9 Å². The molecule has 1 fully saturated rings. The summed E-state index contributed by atoms with van der Waals surface area (Å²) in [5.41, 5.74) is -0.571. The van der Waals surface area contributed by atoms with E-state index in [0.29, 0.717) is 29.4 Å². The Morgan fingerprint density at radius 3 is 2.65 bits per heavy atom. The monoisotopic (exact) mass is 403 g/mol. The van der Waals surface area contributed by atoms with Crippen molar-refractivity contribution < 1.29 is 14.7 Å². The molecule has 1 atom stereocenters. The fourth-order valence-electron chi connectivity index (χ4n) is 2.72. The molecule has 6 heteroatoms. The van der Waals surface area contributed by atoms with Gasteiger partial charge < -0.3 is 10.0 Å². The van der Waals surface area contributed by atoms with E-state index in [1.165, 1.54) is 4.90 Å². The van der Waals surface area contributed by atoms with E-state index in [-0.39, 0.29) is 5.91 Å². The fourth-order valence-corrected chi connectivity index (χ4v) is 3.94. The second-order valence-corrected chi connectivity index (χ2v) is 6.64. The Hall–Kier alpha value is -0.880. The predicted molar refractivity (Wildman–Crippen MR) is 82.8 cm³/mol. The smallest absolute Gasteiger partial charge is 0.329 e. The molecule has 0 radical (unpaired) electrons. The number of hydrogen-bond acceptors (Lipinski definition) is 2. The molecular weight excluding hydrogens is 390 g/mol. The van der Waals surface area contributed by atoms with Crippen LogP contribution in [-0.2, 0) is 4.79 Å². The maximum Gasteiger partial charge on any atom is 0.329 e. The molecule has 1 unspecified atom stereocenters. The number of carbonyl (C=O) groups is 2. The second kappa shape index (κ2) is 5.85. The van der Waals surface area contributed by atoms with E-state index >= 15 is 0 Å². The lowest BCUT2D eigenvalue weighted by atomic mass is 9.92. The predicted octanol–water partition coefficient (Wildman–Crippen LogP) is 3.68. The summed E-state index contributed by atoms with van der Waals surface area (Å²) in [5, 5.41) is 9.53. The zero-order valence-corrected chi connectivity index (χ0v) is 14.2. The number of carboxylic acid groups (broad SMARTS) is 1. The van der Waals surface area contributed by atoms with E-state index in [1.54, 1.807) is 18.2 Å². The molecule has 0 aromatic heterocycles. The normalized spacial score (nSPS) is 22.1. The topological polar surface area (TPSA) is 57.6 Å². The molecule has 0 bridgehead atoms. The Morgan fingerprint density at radius 2 is 2.10 bits per heavy atom. The van der Waals surface area contributed by atoms with Gasteiger partial charge in [-0.1, -0.05) is 22.9 Å². The summed E-state index contributed by atoms with van der Waals surface area (Å²) in [5.74, 6) is -1.15. The van der Waals surface area contributed by atoms with Crippen LogP contribution in [0.3, 0.4) is 0 Å². The van der Waals surface area contributed by atoms with Crippen LogP contribution < -0.4 is 0 Å². The van der Waals surface area contributed by atoms with Crippen LogP contribution in [0, 0.1) is 0 Å². The van der Waals surface area contributed by atoms with Gasteiger partial charge in [0.2, 0.25) is 0 Å². The first-order valence-corrected chi connectivity index (χ1v) is 8.01. The minimum Gasteiger partial charge on any atom is -0.479 e. The van der Waals surface area contributed by atoms with Crippen LogP contribution in [0.25, 0.3) is 0 Å². The van der Waals surface area contributed by atoms with Crippen molar-refractivity contribution in [2.24, 2.45) is 0 Å². The molecule has 1 heterocycles. The van der Waals surface area contributed by atoms with Gasteiger partial charge in [-0.25, -0.2) is 4.79 Å². The molecular formula is C14H15Br2NO3. The lowest BCUT2D eigenvalue weighted by molar-refractivity contribution is -0.148. The summed E-state index contributed by atoms with van der Waals surface area (Å²) in [6.07, 6.45) is 1.65. The van der Waals surface area contributed by atoms with Crippen molar-refractivity contribution in [3.63, 3.8) is 0 Å². The first-order valence-electron chi connectivity index (χ1n) is 6.43. The maximum absolute atomic E-state index is 12.7. The van der Waals surface area contributed by atoms with Gasteiger partial charge in [0.1, 0.15) is 5.54 Å². The lowest BCUT2D eigenvalue weighted by Gasteiger charge is -2.34. The Kier molecular flexibility index (Phi) is 4.54. The van der Waals surface area contributed by atoms with Crippen molar-refractivity contribution in [3.8, 4) is 0 Å². The number of rotatable bonds is 3. The molecule has 108 valence electrons. The van der Waals surface area contributed by atoms with Gasteiger partial charge >= 0.3 is 5.97 Å². The van der Waals surface area contributed by atoms with Crippen LogP contribution in [-0.4, -0.2) is 34.0 Å². The van der Waals surface area contributed by atoms with E-state index in [4.69, 9.17) is 0 Å². The largest absolute Gasteiger partial charge is 0.479 e. The standard InChI is InChI=1S/C14H15Br2NO3/c1-2-14(13(19)20)6-3-7-17(14)12(18)10-5-4-9(15)8-11(10)16/h4-5,8H,2-3,6-7H2,1H3,(H,19,20). The quantitative estimate of drug-likeness (QED) is 0.835. The number of nitrogens with zero attached hydrogens (tertiary/aromatic N) is 1. The Labute approximate surface area is 134 Å². The Morgan fingerprint density at radius 1 is 1.40 bits per heavy atom. The highest BCUT2D eigenvalue weighted by molar-refractivity contribution is 9.11. The van der Waals surface area contributed by atoms with Gasteiger partial charge in [0, 0.05) is 15.5 Å². The number of aliphatic carboxylic acids is 1. The molecule has 1 aliphatic heterocycles. The maximum atomic E-state index is 12.7. The number of halogens is 2. The summed E-state index contributed by atoms with van der Waals surface area (Å²) >= 11 is 6.71. The van der Waals surface area contributed by atoms with E-state index in [0.717, 1.165) is 10.9 Å². The average molecular weight is 405 g/mol. The van der Waals surface area contributed by atoms with Crippen LogP contribution in [0.15, 0.2) is 27.1 Å². The molecule has 1 N–H and O–H groups in total. The van der Waals surface area contributed by atoms with Gasteiger partial charge in [0.25, 0.3) is 5.91 Å². The molecule has 1 saturated heterocycles. The molecule has 2 rings (SSSR count).